The molecule has 0 aliphatic carbocycles. The normalized spacial score (nSPS) is 18.7. The Balaban J connectivity index is 1.50. The van der Waals surface area contributed by atoms with Crippen LogP contribution in [0, 0.1) is 5.92 Å². The minimum Gasteiger partial charge on any atom is -0.497 e. The first-order valence-electron chi connectivity index (χ1n) is 8.92. The molecule has 1 aliphatic heterocycles. The van der Waals surface area contributed by atoms with Crippen LogP contribution in [0.2, 0.25) is 0 Å². The van der Waals surface area contributed by atoms with Gasteiger partial charge in [-0.2, -0.15) is 0 Å². The smallest absolute Gasteiger partial charge is 0.226 e. The number of methoxy groups -OCH3 is 1. The zero-order chi connectivity index (χ0) is 19.1. The summed E-state index contributed by atoms with van der Waals surface area (Å²) in [6.45, 7) is 0.808. The van der Waals surface area contributed by atoms with Gasteiger partial charge in [-0.1, -0.05) is 30.3 Å². The molecule has 1 aliphatic rings. The lowest BCUT2D eigenvalue weighted by Gasteiger charge is -2.19. The minimum atomic E-state index is -0.269. The van der Waals surface area contributed by atoms with E-state index < -0.39 is 0 Å². The number of rotatable bonds is 7. The fourth-order valence-corrected chi connectivity index (χ4v) is 3.07. The molecule has 2 aromatic rings. The summed E-state index contributed by atoms with van der Waals surface area (Å²) in [6, 6.07) is 16.7. The van der Waals surface area contributed by atoms with Gasteiger partial charge in [0.25, 0.3) is 0 Å². The summed E-state index contributed by atoms with van der Waals surface area (Å²) in [5, 5.41) is 5.66. The molecule has 4 N–H and O–H groups in total. The molecule has 7 heteroatoms. The second-order valence-corrected chi connectivity index (χ2v) is 6.34. The number of hydrogen-bond acceptors (Lipinski definition) is 5. The van der Waals surface area contributed by atoms with E-state index in [-0.39, 0.29) is 30.2 Å². The van der Waals surface area contributed by atoms with Gasteiger partial charge in [0.2, 0.25) is 11.8 Å². The molecule has 3 rings (SSSR count). The zero-order valence-electron chi connectivity index (χ0n) is 15.2. The number of carbonyl (C=O) groups excluding carboxylic acids is 2. The van der Waals surface area contributed by atoms with Gasteiger partial charge in [0.15, 0.2) is 0 Å². The number of carbonyl (C=O) groups is 2. The van der Waals surface area contributed by atoms with Crippen LogP contribution in [-0.2, 0) is 9.59 Å². The average molecular weight is 368 g/mol. The third-order valence-electron chi connectivity index (χ3n) is 4.48. The van der Waals surface area contributed by atoms with Crippen LogP contribution in [0.4, 0.5) is 5.69 Å². The number of amides is 2. The van der Waals surface area contributed by atoms with Gasteiger partial charge in [0.05, 0.1) is 19.1 Å². The lowest BCUT2D eigenvalue weighted by molar-refractivity contribution is -0.125. The van der Waals surface area contributed by atoms with Gasteiger partial charge in [-0.3, -0.25) is 15.0 Å². The van der Waals surface area contributed by atoms with Gasteiger partial charge in [-0.05, 0) is 29.8 Å². The molecule has 27 heavy (non-hydrogen) atoms. The fourth-order valence-electron chi connectivity index (χ4n) is 3.07. The molecule has 1 saturated heterocycles. The van der Waals surface area contributed by atoms with Crippen molar-refractivity contribution in [2.24, 2.45) is 5.92 Å². The van der Waals surface area contributed by atoms with Gasteiger partial charge in [-0.25, -0.2) is 5.43 Å². The lowest BCUT2D eigenvalue weighted by Crippen LogP contribution is -2.36. The monoisotopic (exact) mass is 368 g/mol. The topological polar surface area (TPSA) is 91.5 Å². The fraction of sp³-hybridized carbons (Fsp3) is 0.300. The lowest BCUT2D eigenvalue weighted by atomic mass is 9.94. The Hall–Kier alpha value is -2.90. The van der Waals surface area contributed by atoms with E-state index in [1.54, 1.807) is 7.11 Å². The van der Waals surface area contributed by atoms with E-state index in [1.165, 1.54) is 0 Å². The molecule has 2 aromatic carbocycles. The number of anilines is 1. The summed E-state index contributed by atoms with van der Waals surface area (Å²) in [7, 11) is 1.62. The number of para-hydroxylation sites is 1. The number of hydrogen-bond donors (Lipinski definition) is 4. The van der Waals surface area contributed by atoms with Crippen LogP contribution in [0.15, 0.2) is 54.6 Å². The first kappa shape index (κ1) is 18.9. The molecule has 1 fully saturated rings. The molecule has 0 saturated carbocycles. The van der Waals surface area contributed by atoms with E-state index >= 15 is 0 Å². The first-order chi connectivity index (χ1) is 13.2. The van der Waals surface area contributed by atoms with Crippen molar-refractivity contribution in [3.63, 3.8) is 0 Å². The largest absolute Gasteiger partial charge is 0.497 e. The molecule has 2 amide bonds. The average Bonchev–Trinajstić information content (AvgIpc) is 3.19. The highest BCUT2D eigenvalue weighted by Crippen LogP contribution is 2.27. The Kier molecular flexibility index (Phi) is 6.40. The van der Waals surface area contributed by atoms with E-state index in [9.17, 15) is 9.59 Å². The summed E-state index contributed by atoms with van der Waals surface area (Å²) >= 11 is 0. The highest BCUT2D eigenvalue weighted by atomic mass is 16.5. The van der Waals surface area contributed by atoms with E-state index in [0.717, 1.165) is 17.0 Å². The van der Waals surface area contributed by atoms with Gasteiger partial charge < -0.3 is 15.4 Å². The summed E-state index contributed by atoms with van der Waals surface area (Å²) in [5.41, 5.74) is 7.90. The third kappa shape index (κ3) is 5.06. The van der Waals surface area contributed by atoms with Crippen molar-refractivity contribution >= 4 is 17.5 Å². The summed E-state index contributed by atoms with van der Waals surface area (Å²) in [6.07, 6.45) is 0.220. The molecule has 2 atom stereocenters. The zero-order valence-corrected chi connectivity index (χ0v) is 15.2. The van der Waals surface area contributed by atoms with Crippen LogP contribution in [0.25, 0.3) is 0 Å². The van der Waals surface area contributed by atoms with Crippen LogP contribution in [0.3, 0.4) is 0 Å². The van der Waals surface area contributed by atoms with Crippen molar-refractivity contribution in [2.75, 3.05) is 25.5 Å². The molecular weight excluding hydrogens is 344 g/mol. The molecular formula is C20H24N4O3. The second-order valence-electron chi connectivity index (χ2n) is 6.34. The summed E-state index contributed by atoms with van der Waals surface area (Å²) in [5.74, 6) is 0.258. The van der Waals surface area contributed by atoms with Crippen molar-refractivity contribution in [3.8, 4) is 5.75 Å². The highest BCUT2D eigenvalue weighted by molar-refractivity contribution is 5.91. The second kappa shape index (κ2) is 9.16. The van der Waals surface area contributed by atoms with E-state index in [4.69, 9.17) is 4.74 Å². The molecule has 0 spiro atoms. The molecule has 0 aromatic heterocycles. The Morgan fingerprint density at radius 3 is 2.74 bits per heavy atom. The van der Waals surface area contributed by atoms with Gasteiger partial charge in [0.1, 0.15) is 5.75 Å². The number of ether oxygens (including phenoxy) is 1. The van der Waals surface area contributed by atoms with Crippen molar-refractivity contribution in [1.82, 2.24) is 16.2 Å². The van der Waals surface area contributed by atoms with Crippen LogP contribution >= 0.6 is 0 Å². The summed E-state index contributed by atoms with van der Waals surface area (Å²) < 4.78 is 5.26. The maximum atomic E-state index is 12.6. The number of hydrazine groups is 1. The Labute approximate surface area is 158 Å². The van der Waals surface area contributed by atoms with Gasteiger partial charge in [-0.15, -0.1) is 0 Å². The van der Waals surface area contributed by atoms with E-state index in [1.807, 2.05) is 54.6 Å². The first-order valence-corrected chi connectivity index (χ1v) is 8.92. The van der Waals surface area contributed by atoms with Crippen molar-refractivity contribution in [1.29, 1.82) is 0 Å². The number of benzene rings is 2. The van der Waals surface area contributed by atoms with Crippen LogP contribution < -0.4 is 26.2 Å². The third-order valence-corrected chi connectivity index (χ3v) is 4.48. The van der Waals surface area contributed by atoms with E-state index in [2.05, 4.69) is 21.5 Å². The van der Waals surface area contributed by atoms with Crippen molar-refractivity contribution < 1.29 is 14.3 Å². The Bertz CT molecular complexity index is 782. The Morgan fingerprint density at radius 1 is 1.15 bits per heavy atom. The molecule has 2 unspecified atom stereocenters. The summed E-state index contributed by atoms with van der Waals surface area (Å²) in [4.78, 5) is 24.5. The molecule has 7 nitrogen and oxygen atoms in total. The molecule has 142 valence electrons. The molecule has 0 bridgehead atoms. The van der Waals surface area contributed by atoms with Crippen LogP contribution in [0.1, 0.15) is 18.0 Å². The quantitative estimate of drug-likeness (QED) is 0.596. The number of nitrogens with one attached hydrogen (secondary N) is 4. The Morgan fingerprint density at radius 2 is 1.96 bits per heavy atom. The maximum Gasteiger partial charge on any atom is 0.226 e. The maximum absolute atomic E-state index is 12.6. The van der Waals surface area contributed by atoms with E-state index in [0.29, 0.717) is 13.1 Å². The minimum absolute atomic E-state index is 0.0900. The van der Waals surface area contributed by atoms with Crippen LogP contribution in [-0.4, -0.2) is 32.0 Å². The standard InChI is InChI=1S/C20H24N4O3/c1-27-16-9-5-6-14(12-16)19-17(13-22-24-19)20(26)21-11-10-18(25)23-15-7-3-2-4-8-15/h2-9,12,17,19,22,24H,10-11,13H2,1H3,(H,21,26)(H,23,25). The molecule has 1 heterocycles. The van der Waals surface area contributed by atoms with Crippen molar-refractivity contribution in [2.45, 2.75) is 12.5 Å². The molecule has 0 radical (unpaired) electrons. The predicted octanol–water partition coefficient (Wildman–Crippen LogP) is 1.61. The van der Waals surface area contributed by atoms with Gasteiger partial charge in [0, 0.05) is 25.2 Å². The predicted molar refractivity (Wildman–Crippen MR) is 103 cm³/mol. The SMILES string of the molecule is COc1cccc(C2NNCC2C(=O)NCCC(=O)Nc2ccccc2)c1. The van der Waals surface area contributed by atoms with Crippen molar-refractivity contribution in [3.05, 3.63) is 60.2 Å². The highest BCUT2D eigenvalue weighted by Gasteiger charge is 2.33. The van der Waals surface area contributed by atoms with Gasteiger partial charge >= 0.3 is 0 Å². The van der Waals surface area contributed by atoms with Crippen LogP contribution in [0.5, 0.6) is 5.75 Å².